The Bertz CT molecular complexity index is 837. The lowest BCUT2D eigenvalue weighted by Crippen LogP contribution is -2.59. The van der Waals surface area contributed by atoms with Crippen LogP contribution in [0.3, 0.4) is 0 Å². The van der Waals surface area contributed by atoms with Gasteiger partial charge in [0.05, 0.1) is 7.11 Å². The van der Waals surface area contributed by atoms with Crippen LogP contribution in [0.15, 0.2) is 18.2 Å². The van der Waals surface area contributed by atoms with Crippen molar-refractivity contribution in [2.75, 3.05) is 20.2 Å². The summed E-state index contributed by atoms with van der Waals surface area (Å²) in [4.78, 5) is 26.3. The van der Waals surface area contributed by atoms with Crippen LogP contribution in [0.1, 0.15) is 63.5 Å². The van der Waals surface area contributed by atoms with E-state index in [2.05, 4.69) is 35.3 Å². The number of benzene rings is 1. The lowest BCUT2D eigenvalue weighted by atomic mass is 9.56. The number of fused-ring (bicyclic) bond motifs is 4. The van der Waals surface area contributed by atoms with Gasteiger partial charge >= 0.3 is 0 Å². The minimum atomic E-state index is -0.626. The molecule has 1 heterocycles. The normalized spacial score (nSPS) is 28.5. The first-order valence-electron chi connectivity index (χ1n) is 11.8. The van der Waals surface area contributed by atoms with Gasteiger partial charge in [0, 0.05) is 24.4 Å². The summed E-state index contributed by atoms with van der Waals surface area (Å²) < 4.78 is 5.57. The van der Waals surface area contributed by atoms with Gasteiger partial charge in [-0.3, -0.25) is 14.5 Å². The number of ether oxygens (including phenoxy) is 1. The van der Waals surface area contributed by atoms with Gasteiger partial charge in [-0.1, -0.05) is 13.0 Å². The number of carbonyl (C=O) groups excluding carboxylic acids is 2. The zero-order chi connectivity index (χ0) is 22.2. The van der Waals surface area contributed by atoms with Crippen molar-refractivity contribution in [1.29, 1.82) is 0 Å². The van der Waals surface area contributed by atoms with Gasteiger partial charge in [0.25, 0.3) is 0 Å². The number of nitrogens with one attached hydrogen (secondary N) is 1. The second kappa shape index (κ2) is 8.81. The molecule has 0 radical (unpaired) electrons. The molecule has 2 fully saturated rings. The number of piperidine rings is 1. The van der Waals surface area contributed by atoms with Crippen LogP contribution in [-0.2, 0) is 21.4 Å². The largest absolute Gasteiger partial charge is 0.497 e. The Morgan fingerprint density at radius 1 is 1.35 bits per heavy atom. The maximum atomic E-state index is 12.3. The highest BCUT2D eigenvalue weighted by molar-refractivity contribution is 5.86. The summed E-state index contributed by atoms with van der Waals surface area (Å²) in [6.07, 6.45) is 7.18. The molecular formula is C25H37N3O3. The van der Waals surface area contributed by atoms with Crippen molar-refractivity contribution in [2.45, 2.75) is 76.3 Å². The van der Waals surface area contributed by atoms with Crippen LogP contribution in [0.4, 0.5) is 0 Å². The van der Waals surface area contributed by atoms with Gasteiger partial charge in [-0.15, -0.1) is 0 Å². The van der Waals surface area contributed by atoms with Crippen LogP contribution >= 0.6 is 0 Å². The van der Waals surface area contributed by atoms with E-state index in [4.69, 9.17) is 10.5 Å². The van der Waals surface area contributed by atoms with E-state index in [1.54, 1.807) is 14.0 Å². The van der Waals surface area contributed by atoms with Gasteiger partial charge in [0.2, 0.25) is 11.8 Å². The molecule has 2 bridgehead atoms. The molecule has 2 aliphatic carbocycles. The molecule has 6 nitrogen and oxygen atoms in total. The van der Waals surface area contributed by atoms with Crippen LogP contribution in [0.2, 0.25) is 0 Å². The van der Waals surface area contributed by atoms with Crippen LogP contribution in [0, 0.1) is 11.8 Å². The molecular weight excluding hydrogens is 390 g/mol. The Labute approximate surface area is 185 Å². The van der Waals surface area contributed by atoms with E-state index in [-0.39, 0.29) is 11.3 Å². The SMILES string of the molecule is COc1ccc2c(c1)[C@@]1(CCCC(=O)N[C@@H](C)C(N)=O)CCN(CC3CC3)C(C2)[C@@H]1C. The molecule has 1 unspecified atom stereocenters. The van der Waals surface area contributed by atoms with E-state index in [0.29, 0.717) is 18.4 Å². The number of rotatable bonds is 9. The van der Waals surface area contributed by atoms with E-state index in [1.807, 2.05) is 0 Å². The number of nitrogens with two attached hydrogens (primary N) is 1. The van der Waals surface area contributed by atoms with E-state index in [9.17, 15) is 9.59 Å². The molecule has 1 aliphatic heterocycles. The highest BCUT2D eigenvalue weighted by atomic mass is 16.5. The Hall–Kier alpha value is -2.08. The lowest BCUT2D eigenvalue weighted by molar-refractivity contribution is -0.127. The second-order valence-corrected chi connectivity index (χ2v) is 9.97. The number of hydrogen-bond acceptors (Lipinski definition) is 4. The predicted octanol–water partition coefficient (Wildman–Crippen LogP) is 2.77. The van der Waals surface area contributed by atoms with Crippen molar-refractivity contribution in [3.63, 3.8) is 0 Å². The minimum absolute atomic E-state index is 0.0718. The van der Waals surface area contributed by atoms with Gasteiger partial charge in [-0.2, -0.15) is 0 Å². The smallest absolute Gasteiger partial charge is 0.239 e. The fourth-order valence-electron chi connectivity index (χ4n) is 5.95. The molecule has 170 valence electrons. The predicted molar refractivity (Wildman–Crippen MR) is 121 cm³/mol. The number of likely N-dealkylation sites (tertiary alicyclic amines) is 1. The fourth-order valence-corrected chi connectivity index (χ4v) is 5.95. The Balaban J connectivity index is 1.53. The van der Waals surface area contributed by atoms with Crippen LogP contribution < -0.4 is 15.8 Å². The Morgan fingerprint density at radius 2 is 2.13 bits per heavy atom. The van der Waals surface area contributed by atoms with E-state index < -0.39 is 11.9 Å². The summed E-state index contributed by atoms with van der Waals surface area (Å²) in [5, 5.41) is 2.71. The van der Waals surface area contributed by atoms with Gasteiger partial charge in [0.1, 0.15) is 11.8 Å². The van der Waals surface area contributed by atoms with E-state index in [1.165, 1.54) is 30.5 Å². The van der Waals surface area contributed by atoms with Crippen molar-refractivity contribution in [2.24, 2.45) is 17.6 Å². The number of carbonyl (C=O) groups is 2. The van der Waals surface area contributed by atoms with Crippen molar-refractivity contribution >= 4 is 11.8 Å². The molecule has 0 spiro atoms. The van der Waals surface area contributed by atoms with Gasteiger partial charge in [-0.25, -0.2) is 0 Å². The standard InChI is InChI=1S/C25H37N3O3/c1-16-22-13-19-8-9-20(31-3)14-21(19)25(16,11-12-28(22)15-18-6-7-18)10-4-5-23(29)27-17(2)24(26)30/h8-9,14,16-18,22H,4-7,10-13,15H2,1-3H3,(H2,26,30)(H,27,29)/t16-,17-,22?,25-/m0/s1. The molecule has 0 aromatic heterocycles. The third kappa shape index (κ3) is 4.45. The molecule has 1 aromatic carbocycles. The van der Waals surface area contributed by atoms with Crippen molar-refractivity contribution in [1.82, 2.24) is 10.2 Å². The zero-order valence-corrected chi connectivity index (χ0v) is 19.2. The topological polar surface area (TPSA) is 84.7 Å². The van der Waals surface area contributed by atoms with Crippen molar-refractivity contribution in [3.8, 4) is 5.75 Å². The third-order valence-electron chi connectivity index (χ3n) is 8.07. The minimum Gasteiger partial charge on any atom is -0.497 e. The lowest BCUT2D eigenvalue weighted by Gasteiger charge is -2.56. The summed E-state index contributed by atoms with van der Waals surface area (Å²) in [6.45, 7) is 6.42. The molecule has 31 heavy (non-hydrogen) atoms. The molecule has 1 saturated carbocycles. The Morgan fingerprint density at radius 3 is 2.81 bits per heavy atom. The summed E-state index contributed by atoms with van der Waals surface area (Å²) in [5.41, 5.74) is 8.21. The summed E-state index contributed by atoms with van der Waals surface area (Å²) >= 11 is 0. The monoisotopic (exact) mass is 427 g/mol. The molecule has 1 saturated heterocycles. The summed E-state index contributed by atoms with van der Waals surface area (Å²) in [5.74, 6) is 1.75. The highest BCUT2D eigenvalue weighted by Gasteiger charge is 2.51. The highest BCUT2D eigenvalue weighted by Crippen LogP contribution is 2.52. The quantitative estimate of drug-likeness (QED) is 0.635. The first-order valence-corrected chi connectivity index (χ1v) is 11.8. The average Bonchev–Trinajstić information content (AvgIpc) is 3.55. The van der Waals surface area contributed by atoms with E-state index >= 15 is 0 Å². The van der Waals surface area contributed by atoms with Gasteiger partial charge in [-0.05, 0) is 87.1 Å². The molecule has 3 aliphatic rings. The van der Waals surface area contributed by atoms with E-state index in [0.717, 1.165) is 43.9 Å². The number of methoxy groups -OCH3 is 1. The maximum Gasteiger partial charge on any atom is 0.239 e. The van der Waals surface area contributed by atoms with Gasteiger partial charge in [0.15, 0.2) is 0 Å². The maximum absolute atomic E-state index is 12.3. The van der Waals surface area contributed by atoms with Crippen molar-refractivity contribution in [3.05, 3.63) is 29.3 Å². The van der Waals surface area contributed by atoms with Crippen molar-refractivity contribution < 1.29 is 14.3 Å². The molecule has 4 atom stereocenters. The molecule has 3 N–H and O–H groups in total. The fraction of sp³-hybridized carbons (Fsp3) is 0.680. The Kier molecular flexibility index (Phi) is 6.29. The second-order valence-electron chi connectivity index (χ2n) is 9.97. The summed E-state index contributed by atoms with van der Waals surface area (Å²) in [6, 6.07) is 6.53. The van der Waals surface area contributed by atoms with Crippen LogP contribution in [-0.4, -0.2) is 49.0 Å². The number of amides is 2. The third-order valence-corrected chi connectivity index (χ3v) is 8.07. The number of nitrogens with zero attached hydrogens (tertiary/aromatic N) is 1. The number of primary amides is 1. The molecule has 1 aromatic rings. The molecule has 4 rings (SSSR count). The first-order chi connectivity index (χ1) is 14.8. The zero-order valence-electron chi connectivity index (χ0n) is 19.2. The summed E-state index contributed by atoms with van der Waals surface area (Å²) in [7, 11) is 1.73. The average molecular weight is 428 g/mol. The molecule has 2 amide bonds. The first kappa shape index (κ1) is 22.1. The van der Waals surface area contributed by atoms with Crippen LogP contribution in [0.25, 0.3) is 0 Å². The molecule has 6 heteroatoms. The van der Waals surface area contributed by atoms with Crippen LogP contribution in [0.5, 0.6) is 5.75 Å². The van der Waals surface area contributed by atoms with Gasteiger partial charge < -0.3 is 15.8 Å². The number of hydrogen-bond donors (Lipinski definition) is 2.